The van der Waals surface area contributed by atoms with E-state index in [-0.39, 0.29) is 31.1 Å². The fourth-order valence-corrected chi connectivity index (χ4v) is 5.07. The van der Waals surface area contributed by atoms with Gasteiger partial charge in [-0.25, -0.2) is 24.3 Å². The summed E-state index contributed by atoms with van der Waals surface area (Å²) in [6.07, 6.45) is 0. The summed E-state index contributed by atoms with van der Waals surface area (Å²) in [5.74, 6) is 0. The second-order valence-corrected chi connectivity index (χ2v) is 22.8. The number of hydrogen-bond donors (Lipinski definition) is 0. The SMILES string of the molecule is CC(C)(C)[Si](C)(C)[N-]c1ccc[cH-]1.CC(C)(C)[Si](C)(C)[N-]c1ccc[cH-]1.[CH2-]c1ccccc1.[CH2-]c1ccccc1.[U+2]. The molecule has 4 aromatic carbocycles. The molecule has 0 spiro atoms. The Hall–Kier alpha value is -2.03. The van der Waals surface area contributed by atoms with Gasteiger partial charge in [0.05, 0.1) is 0 Å². The van der Waals surface area contributed by atoms with Crippen molar-refractivity contribution in [2.24, 2.45) is 0 Å². The van der Waals surface area contributed by atoms with Crippen molar-refractivity contribution in [2.45, 2.75) is 77.8 Å². The molecule has 0 aromatic heterocycles. The minimum absolute atomic E-state index is 0. The molecule has 0 amide bonds. The van der Waals surface area contributed by atoms with Crippen molar-refractivity contribution in [3.63, 3.8) is 0 Å². The molecule has 0 atom stereocenters. The zero-order chi connectivity index (χ0) is 30.5. The molecule has 0 aliphatic rings. The smallest absolute Gasteiger partial charge is 0.708 e. The molecule has 0 fully saturated rings. The first-order valence-electron chi connectivity index (χ1n) is 14.1. The van der Waals surface area contributed by atoms with Gasteiger partial charge in [-0.2, -0.15) is 73.5 Å². The van der Waals surface area contributed by atoms with Crippen LogP contribution >= 0.6 is 0 Å². The molecule has 0 saturated carbocycles. The van der Waals surface area contributed by atoms with E-state index in [1.165, 1.54) is 0 Å². The Labute approximate surface area is 279 Å². The molecule has 222 valence electrons. The Bertz CT molecular complexity index is 1060. The molecule has 0 saturated heterocycles. The molecule has 0 aliphatic heterocycles. The zero-order valence-corrected chi connectivity index (χ0v) is 33.4. The minimum Gasteiger partial charge on any atom is -0.708 e. The van der Waals surface area contributed by atoms with Crippen molar-refractivity contribution in [2.75, 3.05) is 0 Å². The fraction of sp³-hybridized carbons (Fsp3) is 0.333. The normalized spacial score (nSPS) is 11.2. The van der Waals surface area contributed by atoms with Crippen LogP contribution in [-0.2, 0) is 0 Å². The van der Waals surface area contributed by atoms with Crippen LogP contribution in [0.25, 0.3) is 9.96 Å². The van der Waals surface area contributed by atoms with E-state index in [4.69, 9.17) is 9.96 Å². The van der Waals surface area contributed by atoms with Crippen LogP contribution in [0.1, 0.15) is 52.7 Å². The Morgan fingerprint density at radius 3 is 0.976 bits per heavy atom. The molecule has 41 heavy (non-hydrogen) atoms. The molecule has 0 N–H and O–H groups in total. The van der Waals surface area contributed by atoms with E-state index in [2.05, 4.69) is 106 Å². The first kappa shape index (κ1) is 39.0. The summed E-state index contributed by atoms with van der Waals surface area (Å²) < 4.78 is 0. The van der Waals surface area contributed by atoms with Gasteiger partial charge in [0.2, 0.25) is 0 Å². The van der Waals surface area contributed by atoms with Crippen LogP contribution < -0.4 is 0 Å². The maximum Gasteiger partial charge on any atom is 2.00 e. The van der Waals surface area contributed by atoms with Crippen LogP contribution in [0.15, 0.2) is 109 Å². The molecule has 4 aromatic rings. The first-order chi connectivity index (χ1) is 18.4. The summed E-state index contributed by atoms with van der Waals surface area (Å²) in [5.41, 5.74) is 4.43. The summed E-state index contributed by atoms with van der Waals surface area (Å²) in [5, 5.41) is 0.675. The van der Waals surface area contributed by atoms with Gasteiger partial charge in [0.25, 0.3) is 0 Å². The summed E-state index contributed by atoms with van der Waals surface area (Å²) in [6.45, 7) is 30.4. The van der Waals surface area contributed by atoms with Crippen LogP contribution in [0, 0.1) is 45.0 Å². The van der Waals surface area contributed by atoms with Crippen molar-refractivity contribution in [3.8, 4) is 0 Å². The Morgan fingerprint density at radius 2 is 0.805 bits per heavy atom. The Kier molecular flexibility index (Phi) is 16.9. The van der Waals surface area contributed by atoms with Gasteiger partial charge in [0, 0.05) is 0 Å². The average molecular weight is 807 g/mol. The first-order valence-corrected chi connectivity index (χ1v) is 20.0. The maximum absolute atomic E-state index is 4.86. The molecule has 0 aliphatic carbocycles. The van der Waals surface area contributed by atoms with Crippen LogP contribution in [0.5, 0.6) is 0 Å². The van der Waals surface area contributed by atoms with Gasteiger partial charge in [-0.3, -0.25) is 11.4 Å². The van der Waals surface area contributed by atoms with E-state index < -0.39 is 16.5 Å². The van der Waals surface area contributed by atoms with Crippen molar-refractivity contribution in [3.05, 3.63) is 144 Å². The summed E-state index contributed by atoms with van der Waals surface area (Å²) in [6, 6.07) is 36.3. The van der Waals surface area contributed by atoms with Gasteiger partial charge in [-0.15, -0.1) is 24.3 Å². The van der Waals surface area contributed by atoms with E-state index in [0.717, 1.165) is 22.5 Å². The number of rotatable bonds is 4. The van der Waals surface area contributed by atoms with Gasteiger partial charge in [0.1, 0.15) is 0 Å². The number of benzene rings is 2. The van der Waals surface area contributed by atoms with Crippen LogP contribution in [-0.4, -0.2) is 16.5 Å². The molecule has 5 heteroatoms. The van der Waals surface area contributed by atoms with E-state index in [9.17, 15) is 0 Å². The monoisotopic (exact) mass is 806 g/mol. The van der Waals surface area contributed by atoms with Crippen molar-refractivity contribution >= 4 is 27.8 Å². The molecular weight excluding hydrogens is 755 g/mol. The second-order valence-electron chi connectivity index (χ2n) is 13.1. The largest absolute Gasteiger partial charge is 2.00 e. The van der Waals surface area contributed by atoms with Crippen LogP contribution in [0.3, 0.4) is 0 Å². The van der Waals surface area contributed by atoms with Gasteiger partial charge in [-0.05, 0) is 16.5 Å². The van der Waals surface area contributed by atoms with Gasteiger partial charge < -0.3 is 9.96 Å². The standard InChI is InChI=1S/2C11H19NSi.2C7H7.U/c2*1-11(2,3)13(4,5)12-10-8-6-7-9-10;2*1-7-5-3-2-4-6-7;/h2*6-9H,1-5H3;2*2-6H,1H2;/q2*-2;2*-1;+2. The van der Waals surface area contributed by atoms with E-state index in [0.29, 0.717) is 10.1 Å². The second kappa shape index (κ2) is 17.8. The average Bonchev–Trinajstić information content (AvgIpc) is 3.54. The molecule has 0 heterocycles. The maximum atomic E-state index is 4.86. The molecule has 2 nitrogen and oxygen atoms in total. The zero-order valence-electron chi connectivity index (χ0n) is 27.2. The third kappa shape index (κ3) is 15.7. The minimum atomic E-state index is -1.48. The summed E-state index contributed by atoms with van der Waals surface area (Å²) in [4.78, 5) is 9.72. The van der Waals surface area contributed by atoms with Crippen molar-refractivity contribution in [1.82, 2.24) is 0 Å². The fourth-order valence-electron chi connectivity index (χ4n) is 2.81. The Balaban J connectivity index is 0.000000536. The van der Waals surface area contributed by atoms with Gasteiger partial charge in [0.15, 0.2) is 0 Å². The third-order valence-corrected chi connectivity index (χ3v) is 16.4. The van der Waals surface area contributed by atoms with Gasteiger partial charge >= 0.3 is 31.1 Å². The predicted molar refractivity (Wildman–Crippen MR) is 186 cm³/mol. The molecule has 0 unspecified atom stereocenters. The molecule has 4 rings (SSSR count). The summed E-state index contributed by atoms with van der Waals surface area (Å²) in [7, 11) is -2.97. The predicted octanol–water partition coefficient (Wildman–Crippen LogP) is 12.6. The molecule has 0 bridgehead atoms. The van der Waals surface area contributed by atoms with Crippen molar-refractivity contribution < 1.29 is 31.1 Å². The van der Waals surface area contributed by atoms with E-state index >= 15 is 0 Å². The molecular formula is C36H52N2Si2U-4. The number of hydrogen-bond acceptors (Lipinski definition) is 0. The summed E-state index contributed by atoms with van der Waals surface area (Å²) >= 11 is 0. The van der Waals surface area contributed by atoms with Gasteiger partial charge in [-0.1, -0.05) is 89.9 Å². The third-order valence-electron chi connectivity index (χ3n) is 7.46. The molecule has 0 radical (unpaired) electrons. The van der Waals surface area contributed by atoms with E-state index in [1.807, 2.05) is 84.9 Å². The Morgan fingerprint density at radius 1 is 0.512 bits per heavy atom. The van der Waals surface area contributed by atoms with E-state index in [1.54, 1.807) is 0 Å². The quantitative estimate of drug-likeness (QED) is 0.145. The van der Waals surface area contributed by atoms with Crippen LogP contribution in [0.2, 0.25) is 36.3 Å². The topological polar surface area (TPSA) is 28.2 Å². The van der Waals surface area contributed by atoms with Crippen molar-refractivity contribution in [1.29, 1.82) is 0 Å². The van der Waals surface area contributed by atoms with Crippen LogP contribution in [0.4, 0.5) is 11.4 Å². The number of nitrogens with zero attached hydrogens (tertiary/aromatic N) is 2.